The molecule has 1 aliphatic rings. The number of benzene rings is 1. The fourth-order valence-electron chi connectivity index (χ4n) is 3.58. The number of carbonyl (C=O) groups is 3. The summed E-state index contributed by atoms with van der Waals surface area (Å²) in [6, 6.07) is 7.23. The maximum Gasteiger partial charge on any atom is 0.308 e. The van der Waals surface area contributed by atoms with E-state index < -0.39 is 17.8 Å². The predicted molar refractivity (Wildman–Crippen MR) is 105 cm³/mol. The minimum absolute atomic E-state index is 0.00883. The summed E-state index contributed by atoms with van der Waals surface area (Å²) < 4.78 is 11.0. The zero-order valence-electron chi connectivity index (χ0n) is 16.6. The van der Waals surface area contributed by atoms with Gasteiger partial charge < -0.3 is 19.6 Å². The van der Waals surface area contributed by atoms with Crippen LogP contribution in [0, 0.1) is 12.8 Å². The fourth-order valence-corrected chi connectivity index (χ4v) is 3.58. The van der Waals surface area contributed by atoms with Crippen LogP contribution in [0.15, 0.2) is 28.7 Å². The summed E-state index contributed by atoms with van der Waals surface area (Å²) >= 11 is 0. The maximum atomic E-state index is 12.6. The first-order valence-corrected chi connectivity index (χ1v) is 9.78. The number of hydrogen-bond donors (Lipinski definition) is 2. The third-order valence-corrected chi connectivity index (χ3v) is 5.09. The third kappa shape index (κ3) is 4.67. The van der Waals surface area contributed by atoms with Crippen molar-refractivity contribution in [3.63, 3.8) is 0 Å². The van der Waals surface area contributed by atoms with Crippen LogP contribution in [0.4, 0.5) is 0 Å². The van der Waals surface area contributed by atoms with Crippen molar-refractivity contribution in [2.24, 2.45) is 5.92 Å². The number of ether oxygens (including phenoxy) is 1. The van der Waals surface area contributed by atoms with Crippen LogP contribution in [0.1, 0.15) is 57.6 Å². The minimum Gasteiger partial charge on any atom is -0.494 e. The third-order valence-electron chi connectivity index (χ3n) is 5.09. The summed E-state index contributed by atoms with van der Waals surface area (Å²) in [7, 11) is 0. The standard InChI is InChI=1S/C22H25NO6/c1-3-28-16-9-7-14(8-10-16)11-15(22(26)27)12-23-21(25)20-13(2)19-17(24)5-4-6-18(19)29-20/h7-10,15H,3-6,11-12H2,1-2H3,(H,23,25)(H,26,27). The number of fused-ring (bicyclic) bond motifs is 1. The van der Waals surface area contributed by atoms with Gasteiger partial charge in [-0.2, -0.15) is 0 Å². The summed E-state index contributed by atoms with van der Waals surface area (Å²) in [6.45, 7) is 4.10. The van der Waals surface area contributed by atoms with Gasteiger partial charge in [-0.3, -0.25) is 14.4 Å². The Bertz CT molecular complexity index is 912. The molecule has 1 aromatic heterocycles. The van der Waals surface area contributed by atoms with Gasteiger partial charge in [0, 0.05) is 24.9 Å². The average Bonchev–Trinajstić information content (AvgIpc) is 3.04. The molecule has 29 heavy (non-hydrogen) atoms. The second-order valence-electron chi connectivity index (χ2n) is 7.16. The molecule has 1 aliphatic carbocycles. The lowest BCUT2D eigenvalue weighted by atomic mass is 9.94. The van der Waals surface area contributed by atoms with Crippen LogP contribution in [0.25, 0.3) is 0 Å². The first kappa shape index (κ1) is 20.6. The Kier molecular flexibility index (Phi) is 6.36. The molecule has 2 N–H and O–H groups in total. The molecule has 2 aromatic rings. The second kappa shape index (κ2) is 8.94. The minimum atomic E-state index is -0.996. The number of furan rings is 1. The molecule has 7 nitrogen and oxygen atoms in total. The zero-order valence-corrected chi connectivity index (χ0v) is 16.6. The second-order valence-corrected chi connectivity index (χ2v) is 7.16. The summed E-state index contributed by atoms with van der Waals surface area (Å²) in [5, 5.41) is 12.2. The number of carboxylic acids is 1. The molecule has 1 amide bonds. The lowest BCUT2D eigenvalue weighted by molar-refractivity contribution is -0.141. The van der Waals surface area contributed by atoms with Gasteiger partial charge in [-0.1, -0.05) is 12.1 Å². The lowest BCUT2D eigenvalue weighted by Crippen LogP contribution is -2.34. The van der Waals surface area contributed by atoms with Crippen molar-refractivity contribution in [3.8, 4) is 5.75 Å². The fraction of sp³-hybridized carbons (Fsp3) is 0.409. The van der Waals surface area contributed by atoms with Crippen LogP contribution in [0.2, 0.25) is 0 Å². The normalized spacial score (nSPS) is 14.2. The van der Waals surface area contributed by atoms with Crippen LogP contribution in [-0.4, -0.2) is 35.9 Å². The topological polar surface area (TPSA) is 106 Å². The number of carbonyl (C=O) groups excluding carboxylic acids is 2. The van der Waals surface area contributed by atoms with Gasteiger partial charge in [0.05, 0.1) is 18.1 Å². The molecule has 1 heterocycles. The number of aliphatic carboxylic acids is 1. The van der Waals surface area contributed by atoms with E-state index in [1.165, 1.54) is 0 Å². The molecule has 0 fully saturated rings. The van der Waals surface area contributed by atoms with E-state index in [-0.39, 0.29) is 24.5 Å². The van der Waals surface area contributed by atoms with Gasteiger partial charge in [0.25, 0.3) is 5.91 Å². The zero-order chi connectivity index (χ0) is 21.0. The van der Waals surface area contributed by atoms with Crippen molar-refractivity contribution in [2.45, 2.75) is 39.5 Å². The Hall–Kier alpha value is -3.09. The monoisotopic (exact) mass is 399 g/mol. The van der Waals surface area contributed by atoms with E-state index in [0.717, 1.165) is 11.3 Å². The number of ketones is 1. The highest BCUT2D eigenvalue weighted by Gasteiger charge is 2.29. The Balaban J connectivity index is 1.65. The highest BCUT2D eigenvalue weighted by Crippen LogP contribution is 2.29. The van der Waals surface area contributed by atoms with E-state index in [1.54, 1.807) is 19.1 Å². The number of Topliss-reactive ketones (excluding diaryl/α,β-unsaturated/α-hetero) is 1. The molecule has 1 aromatic carbocycles. The largest absolute Gasteiger partial charge is 0.494 e. The van der Waals surface area contributed by atoms with Gasteiger partial charge in [-0.25, -0.2) is 0 Å². The maximum absolute atomic E-state index is 12.6. The molecule has 0 spiro atoms. The molecule has 1 atom stereocenters. The van der Waals surface area contributed by atoms with E-state index in [1.807, 2.05) is 19.1 Å². The Labute approximate surface area is 169 Å². The van der Waals surface area contributed by atoms with Gasteiger partial charge in [0.1, 0.15) is 11.5 Å². The summed E-state index contributed by atoms with van der Waals surface area (Å²) in [5.74, 6) is -0.923. The first-order valence-electron chi connectivity index (χ1n) is 9.78. The summed E-state index contributed by atoms with van der Waals surface area (Å²) in [5.41, 5.74) is 1.87. The van der Waals surface area contributed by atoms with E-state index in [9.17, 15) is 19.5 Å². The predicted octanol–water partition coefficient (Wildman–Crippen LogP) is 3.18. The molecule has 0 bridgehead atoms. The van der Waals surface area contributed by atoms with Crippen LogP contribution in [-0.2, 0) is 17.6 Å². The van der Waals surface area contributed by atoms with Gasteiger partial charge in [0.2, 0.25) is 0 Å². The Morgan fingerprint density at radius 3 is 2.59 bits per heavy atom. The first-order chi connectivity index (χ1) is 13.9. The number of hydrogen-bond acceptors (Lipinski definition) is 5. The van der Waals surface area contributed by atoms with Crippen molar-refractivity contribution in [1.82, 2.24) is 5.32 Å². The van der Waals surface area contributed by atoms with Crippen molar-refractivity contribution in [3.05, 3.63) is 52.5 Å². The lowest BCUT2D eigenvalue weighted by Gasteiger charge is -2.14. The molecule has 0 saturated heterocycles. The Morgan fingerprint density at radius 2 is 1.97 bits per heavy atom. The molecule has 1 unspecified atom stereocenters. The summed E-state index contributed by atoms with van der Waals surface area (Å²) in [6.07, 6.45) is 2.07. The highest BCUT2D eigenvalue weighted by molar-refractivity contribution is 6.03. The molecule has 0 aliphatic heterocycles. The van der Waals surface area contributed by atoms with Gasteiger partial charge >= 0.3 is 5.97 Å². The number of amides is 1. The smallest absolute Gasteiger partial charge is 0.308 e. The number of rotatable bonds is 8. The van der Waals surface area contributed by atoms with E-state index in [0.29, 0.717) is 42.8 Å². The van der Waals surface area contributed by atoms with Crippen LogP contribution in [0.3, 0.4) is 0 Å². The van der Waals surface area contributed by atoms with E-state index >= 15 is 0 Å². The van der Waals surface area contributed by atoms with Crippen LogP contribution >= 0.6 is 0 Å². The molecule has 0 radical (unpaired) electrons. The van der Waals surface area contributed by atoms with Crippen molar-refractivity contribution in [1.29, 1.82) is 0 Å². The number of aryl methyl sites for hydroxylation is 1. The number of carboxylic acid groups (broad SMARTS) is 1. The molecule has 3 rings (SSSR count). The van der Waals surface area contributed by atoms with Crippen molar-refractivity contribution < 1.29 is 28.6 Å². The summed E-state index contributed by atoms with van der Waals surface area (Å²) in [4.78, 5) is 36.3. The van der Waals surface area contributed by atoms with Crippen LogP contribution in [0.5, 0.6) is 5.75 Å². The van der Waals surface area contributed by atoms with Crippen LogP contribution < -0.4 is 10.1 Å². The molecule has 7 heteroatoms. The molecular formula is C22H25NO6. The Morgan fingerprint density at radius 1 is 1.24 bits per heavy atom. The quantitative estimate of drug-likeness (QED) is 0.706. The average molecular weight is 399 g/mol. The van der Waals surface area contributed by atoms with E-state index in [2.05, 4.69) is 5.32 Å². The van der Waals surface area contributed by atoms with E-state index in [4.69, 9.17) is 9.15 Å². The number of nitrogens with one attached hydrogen (secondary N) is 1. The molecular weight excluding hydrogens is 374 g/mol. The van der Waals surface area contributed by atoms with Gasteiger partial charge in [0.15, 0.2) is 11.5 Å². The van der Waals surface area contributed by atoms with Gasteiger partial charge in [-0.15, -0.1) is 0 Å². The van der Waals surface area contributed by atoms with Crippen molar-refractivity contribution in [2.75, 3.05) is 13.2 Å². The molecule has 154 valence electrons. The molecule has 0 saturated carbocycles. The SMILES string of the molecule is CCOc1ccc(CC(CNC(=O)c2oc3c(c2C)C(=O)CCC3)C(=O)O)cc1. The van der Waals surface area contributed by atoms with Crippen molar-refractivity contribution >= 4 is 17.7 Å². The van der Waals surface area contributed by atoms with Gasteiger partial charge in [-0.05, 0) is 44.4 Å². The highest BCUT2D eigenvalue weighted by atomic mass is 16.5.